The third-order valence-electron chi connectivity index (χ3n) is 6.28. The van der Waals surface area contributed by atoms with Crippen LogP contribution in [-0.4, -0.2) is 29.1 Å². The number of aryl methyl sites for hydroxylation is 3. The van der Waals surface area contributed by atoms with Gasteiger partial charge in [0.1, 0.15) is 6.04 Å². The zero-order chi connectivity index (χ0) is 23.2. The molecule has 0 radical (unpaired) electrons. The van der Waals surface area contributed by atoms with Crippen LogP contribution in [-0.2, 0) is 29.0 Å². The molecule has 2 N–H and O–H groups in total. The maximum atomic E-state index is 13.7. The van der Waals surface area contributed by atoms with Gasteiger partial charge in [0.2, 0.25) is 5.91 Å². The number of carboxylic acids is 1. The number of anilines is 1. The summed E-state index contributed by atoms with van der Waals surface area (Å²) in [5, 5.41) is 13.0. The van der Waals surface area contributed by atoms with Crippen molar-refractivity contribution in [3.63, 3.8) is 0 Å². The molecule has 34 heavy (non-hydrogen) atoms. The molecule has 4 rings (SSSR count). The zero-order valence-electron chi connectivity index (χ0n) is 19.3. The van der Waals surface area contributed by atoms with Crippen molar-refractivity contribution in [3.8, 4) is 0 Å². The number of para-hydroxylation sites is 1. The minimum absolute atomic E-state index is 0. The van der Waals surface area contributed by atoms with Crippen molar-refractivity contribution < 1.29 is 14.7 Å². The number of rotatable bonds is 8. The molecule has 1 aliphatic heterocycles. The maximum Gasteiger partial charge on any atom is 0.320 e. The van der Waals surface area contributed by atoms with Gasteiger partial charge in [0.05, 0.1) is 12.6 Å². The third-order valence-corrected chi connectivity index (χ3v) is 6.28. The lowest BCUT2D eigenvalue weighted by Crippen LogP contribution is -2.51. The molecule has 6 heteroatoms. The van der Waals surface area contributed by atoms with E-state index >= 15 is 0 Å². The topological polar surface area (TPSA) is 69.6 Å². The van der Waals surface area contributed by atoms with Crippen LogP contribution in [0.3, 0.4) is 0 Å². The monoisotopic (exact) mass is 478 g/mol. The predicted molar refractivity (Wildman–Crippen MR) is 137 cm³/mol. The van der Waals surface area contributed by atoms with Crippen molar-refractivity contribution in [1.82, 2.24) is 5.32 Å². The lowest BCUT2D eigenvalue weighted by Gasteiger charge is -2.28. The van der Waals surface area contributed by atoms with Crippen LogP contribution in [0.5, 0.6) is 0 Å². The second-order valence-electron chi connectivity index (χ2n) is 8.71. The van der Waals surface area contributed by atoms with Gasteiger partial charge in [-0.15, -0.1) is 12.4 Å². The summed E-state index contributed by atoms with van der Waals surface area (Å²) in [6.45, 7) is 2.49. The first-order valence-electron chi connectivity index (χ1n) is 11.5. The molecule has 0 fully saturated rings. The van der Waals surface area contributed by atoms with Gasteiger partial charge in [-0.1, -0.05) is 78.4 Å². The van der Waals surface area contributed by atoms with Crippen molar-refractivity contribution in [2.75, 3.05) is 4.90 Å². The van der Waals surface area contributed by atoms with Gasteiger partial charge >= 0.3 is 5.97 Å². The molecule has 1 aliphatic rings. The van der Waals surface area contributed by atoms with Crippen LogP contribution in [0, 0.1) is 6.92 Å². The molecule has 0 aliphatic carbocycles. The van der Waals surface area contributed by atoms with Crippen molar-refractivity contribution in [2.45, 2.75) is 51.2 Å². The third kappa shape index (κ3) is 6.25. The van der Waals surface area contributed by atoms with Crippen molar-refractivity contribution >= 4 is 30.0 Å². The number of benzene rings is 3. The normalized spacial score (nSPS) is 16.2. The molecule has 0 spiro atoms. The first-order chi connectivity index (χ1) is 16.0. The van der Waals surface area contributed by atoms with E-state index < -0.39 is 18.1 Å². The van der Waals surface area contributed by atoms with E-state index in [-0.39, 0.29) is 18.3 Å². The number of amides is 1. The number of halogens is 1. The Morgan fingerprint density at radius 1 is 1.00 bits per heavy atom. The molecule has 2 atom stereocenters. The van der Waals surface area contributed by atoms with E-state index in [1.165, 1.54) is 5.56 Å². The van der Waals surface area contributed by atoms with Crippen LogP contribution in [0.4, 0.5) is 5.69 Å². The van der Waals surface area contributed by atoms with E-state index in [2.05, 4.69) is 11.4 Å². The molecular weight excluding hydrogens is 448 g/mol. The zero-order valence-corrected chi connectivity index (χ0v) is 20.1. The predicted octanol–water partition coefficient (Wildman–Crippen LogP) is 4.94. The van der Waals surface area contributed by atoms with Gasteiger partial charge < -0.3 is 10.0 Å². The fourth-order valence-corrected chi connectivity index (χ4v) is 4.39. The van der Waals surface area contributed by atoms with Gasteiger partial charge in [-0.25, -0.2) is 0 Å². The number of nitrogens with zero attached hydrogens (tertiary/aromatic N) is 1. The maximum absolute atomic E-state index is 13.7. The van der Waals surface area contributed by atoms with Crippen LogP contribution in [0.15, 0.2) is 78.9 Å². The number of carboxylic acid groups (broad SMARTS) is 1. The van der Waals surface area contributed by atoms with Crippen LogP contribution in [0.25, 0.3) is 0 Å². The summed E-state index contributed by atoms with van der Waals surface area (Å²) >= 11 is 0. The molecule has 3 aromatic rings. The lowest BCUT2D eigenvalue weighted by atomic mass is 10.0. The summed E-state index contributed by atoms with van der Waals surface area (Å²) in [4.78, 5) is 27.5. The van der Waals surface area contributed by atoms with Gasteiger partial charge in [0, 0.05) is 5.69 Å². The number of nitrogens with one attached hydrogen (secondary N) is 1. The van der Waals surface area contributed by atoms with E-state index in [0.717, 1.165) is 28.8 Å². The van der Waals surface area contributed by atoms with E-state index in [4.69, 9.17) is 0 Å². The second kappa shape index (κ2) is 11.8. The number of fused-ring (bicyclic) bond motifs is 1. The Morgan fingerprint density at radius 3 is 2.38 bits per heavy atom. The fourth-order valence-electron chi connectivity index (χ4n) is 4.39. The van der Waals surface area contributed by atoms with Gasteiger partial charge in [0.25, 0.3) is 0 Å². The average Bonchev–Trinajstić information content (AvgIpc) is 2.95. The molecule has 5 nitrogen and oxygen atoms in total. The minimum atomic E-state index is -0.925. The summed E-state index contributed by atoms with van der Waals surface area (Å²) in [5.74, 6) is -1.00. The highest BCUT2D eigenvalue weighted by Gasteiger charge is 2.33. The summed E-state index contributed by atoms with van der Waals surface area (Å²) in [6.07, 6.45) is 2.34. The molecule has 3 aromatic carbocycles. The number of hydrogen-bond donors (Lipinski definition) is 2. The fraction of sp³-hybridized carbons (Fsp3) is 0.286. The summed E-state index contributed by atoms with van der Waals surface area (Å²) in [6, 6.07) is 24.6. The van der Waals surface area contributed by atoms with Crippen LogP contribution >= 0.6 is 12.4 Å². The molecular formula is C28H31ClN2O3. The second-order valence-corrected chi connectivity index (χ2v) is 8.71. The largest absolute Gasteiger partial charge is 0.480 e. The smallest absolute Gasteiger partial charge is 0.320 e. The van der Waals surface area contributed by atoms with Gasteiger partial charge in [0.15, 0.2) is 0 Å². The lowest BCUT2D eigenvalue weighted by molar-refractivity contribution is -0.140. The van der Waals surface area contributed by atoms with E-state index in [1.54, 1.807) is 4.90 Å². The number of carbonyl (C=O) groups excluding carboxylic acids is 1. The summed E-state index contributed by atoms with van der Waals surface area (Å²) in [5.41, 5.74) is 5.32. The van der Waals surface area contributed by atoms with Gasteiger partial charge in [-0.3, -0.25) is 14.9 Å². The van der Waals surface area contributed by atoms with E-state index in [9.17, 15) is 14.7 Å². The summed E-state index contributed by atoms with van der Waals surface area (Å²) in [7, 11) is 0. The molecule has 1 heterocycles. The Bertz CT molecular complexity index is 1100. The average molecular weight is 479 g/mol. The highest BCUT2D eigenvalue weighted by Crippen LogP contribution is 2.29. The van der Waals surface area contributed by atoms with E-state index in [0.29, 0.717) is 25.8 Å². The Balaban J connectivity index is 0.00000324. The molecule has 1 unspecified atom stereocenters. The molecule has 0 saturated carbocycles. The quantitative estimate of drug-likeness (QED) is 0.481. The molecule has 0 bridgehead atoms. The molecule has 0 aromatic heterocycles. The van der Waals surface area contributed by atoms with E-state index in [1.807, 2.05) is 79.7 Å². The van der Waals surface area contributed by atoms with Crippen LogP contribution in [0.2, 0.25) is 0 Å². The molecule has 0 saturated heterocycles. The van der Waals surface area contributed by atoms with Crippen LogP contribution in [0.1, 0.15) is 35.1 Å². The highest BCUT2D eigenvalue weighted by atomic mass is 35.5. The first kappa shape index (κ1) is 25.5. The van der Waals surface area contributed by atoms with Gasteiger partial charge in [-0.05, 0) is 55.4 Å². The SMILES string of the molecule is Cc1ccc(CN2C(=O)C(N[C@@H](CCc3ccccc3)C(=O)O)CCc3ccccc32)cc1.Cl. The summed E-state index contributed by atoms with van der Waals surface area (Å²) < 4.78 is 0. The highest BCUT2D eigenvalue weighted by molar-refractivity contribution is 5.98. The standard InChI is InChI=1S/C28H30N2O3.ClH/c1-20-11-13-22(14-12-20)19-30-26-10-6-5-9-23(26)16-18-24(27(30)31)29-25(28(32)33)17-15-21-7-3-2-4-8-21;/h2-14,24-25,29H,15-19H2,1H3,(H,32,33);1H/t24?,25-;/m0./s1. The van der Waals surface area contributed by atoms with Crippen molar-refractivity contribution in [1.29, 1.82) is 0 Å². The van der Waals surface area contributed by atoms with Crippen LogP contribution < -0.4 is 10.2 Å². The number of aliphatic carboxylic acids is 1. The van der Waals surface area contributed by atoms with Crippen molar-refractivity contribution in [3.05, 3.63) is 101 Å². The van der Waals surface area contributed by atoms with Crippen molar-refractivity contribution in [2.24, 2.45) is 0 Å². The Labute approximate surface area is 207 Å². The Morgan fingerprint density at radius 2 is 1.68 bits per heavy atom. The Hall–Kier alpha value is -3.15. The Kier molecular flexibility index (Phi) is 8.85. The minimum Gasteiger partial charge on any atom is -0.480 e. The molecule has 1 amide bonds. The first-order valence-corrected chi connectivity index (χ1v) is 11.5. The molecule has 178 valence electrons. The van der Waals surface area contributed by atoms with Gasteiger partial charge in [-0.2, -0.15) is 0 Å². The number of carbonyl (C=O) groups is 2. The number of hydrogen-bond acceptors (Lipinski definition) is 3.